The Bertz CT molecular complexity index is 552. The van der Waals surface area contributed by atoms with Gasteiger partial charge in [-0.05, 0) is 26.4 Å². The summed E-state index contributed by atoms with van der Waals surface area (Å²) in [4.78, 5) is 16.0. The monoisotopic (exact) mass is 287 g/mol. The normalized spacial score (nSPS) is 10.5. The molecule has 0 aliphatic carbocycles. The summed E-state index contributed by atoms with van der Waals surface area (Å²) in [6.45, 7) is 0.989. The average Bonchev–Trinajstić information content (AvgIpc) is 2.96. The molecule has 1 aromatic heterocycles. The quantitative estimate of drug-likeness (QED) is 0.650. The second kappa shape index (κ2) is 8.16. The predicted molar refractivity (Wildman–Crippen MR) is 82.8 cm³/mol. The minimum absolute atomic E-state index is 0.0435. The first kappa shape index (κ1) is 15.2. The zero-order valence-electron chi connectivity index (χ0n) is 12.2. The number of benzene rings is 1. The average molecular weight is 287 g/mol. The first-order valence-corrected chi connectivity index (χ1v) is 7.22. The summed E-state index contributed by atoms with van der Waals surface area (Å²) in [6.07, 6.45) is 3.50. The van der Waals surface area contributed by atoms with Crippen LogP contribution in [0.5, 0.6) is 0 Å². The van der Waals surface area contributed by atoms with Gasteiger partial charge in [0.1, 0.15) is 0 Å². The highest BCUT2D eigenvalue weighted by atomic mass is 16.1. The third-order valence-corrected chi connectivity index (χ3v) is 3.11. The van der Waals surface area contributed by atoms with Gasteiger partial charge in [-0.1, -0.05) is 36.8 Å². The van der Waals surface area contributed by atoms with Crippen molar-refractivity contribution in [2.45, 2.75) is 25.7 Å². The van der Waals surface area contributed by atoms with Gasteiger partial charge < -0.3 is 5.32 Å². The number of aromatic amines is 1. The molecule has 0 aliphatic heterocycles. The summed E-state index contributed by atoms with van der Waals surface area (Å²) in [5.41, 5.74) is 0.942. The van der Waals surface area contributed by atoms with Crippen molar-refractivity contribution in [3.8, 4) is 11.4 Å². The molecular formula is C15H21N5O. The highest BCUT2D eigenvalue weighted by molar-refractivity contribution is 5.89. The maximum atomic E-state index is 11.8. The number of unbranched alkanes of at least 4 members (excludes halogenated alkanes) is 2. The molecule has 0 saturated carbocycles. The van der Waals surface area contributed by atoms with Gasteiger partial charge >= 0.3 is 0 Å². The Labute approximate surface area is 124 Å². The van der Waals surface area contributed by atoms with Crippen LogP contribution in [-0.2, 0) is 4.79 Å². The van der Waals surface area contributed by atoms with Crippen molar-refractivity contribution in [1.82, 2.24) is 20.5 Å². The van der Waals surface area contributed by atoms with Crippen LogP contribution >= 0.6 is 0 Å². The molecular weight excluding hydrogens is 266 g/mol. The fourth-order valence-corrected chi connectivity index (χ4v) is 1.99. The second-order valence-electron chi connectivity index (χ2n) is 4.84. The van der Waals surface area contributed by atoms with E-state index in [2.05, 4.69) is 25.8 Å². The van der Waals surface area contributed by atoms with E-state index in [4.69, 9.17) is 0 Å². The van der Waals surface area contributed by atoms with Gasteiger partial charge in [0.15, 0.2) is 5.82 Å². The van der Waals surface area contributed by atoms with Crippen LogP contribution in [0.15, 0.2) is 30.3 Å². The van der Waals surface area contributed by atoms with E-state index in [1.54, 1.807) is 0 Å². The van der Waals surface area contributed by atoms with E-state index in [-0.39, 0.29) is 5.91 Å². The SMILES string of the molecule is CNCCCCCC(=O)Nc1n[nH]c(-c2ccccc2)n1. The van der Waals surface area contributed by atoms with Crippen LogP contribution in [0.1, 0.15) is 25.7 Å². The fraction of sp³-hybridized carbons (Fsp3) is 0.400. The Morgan fingerprint density at radius 1 is 1.19 bits per heavy atom. The third-order valence-electron chi connectivity index (χ3n) is 3.11. The number of H-pyrrole nitrogens is 1. The molecule has 2 rings (SSSR count). The Hall–Kier alpha value is -2.21. The van der Waals surface area contributed by atoms with Crippen molar-refractivity contribution in [3.63, 3.8) is 0 Å². The number of carbonyl (C=O) groups is 1. The molecule has 21 heavy (non-hydrogen) atoms. The van der Waals surface area contributed by atoms with E-state index in [0.717, 1.165) is 31.4 Å². The van der Waals surface area contributed by atoms with Crippen LogP contribution in [0, 0.1) is 0 Å². The van der Waals surface area contributed by atoms with Crippen LogP contribution in [-0.4, -0.2) is 34.7 Å². The predicted octanol–water partition coefficient (Wildman–Crippen LogP) is 2.19. The summed E-state index contributed by atoms with van der Waals surface area (Å²) in [7, 11) is 1.93. The maximum absolute atomic E-state index is 11.8. The number of anilines is 1. The highest BCUT2D eigenvalue weighted by Crippen LogP contribution is 2.15. The number of aromatic nitrogens is 3. The number of hydrogen-bond donors (Lipinski definition) is 3. The second-order valence-corrected chi connectivity index (χ2v) is 4.84. The van der Waals surface area contributed by atoms with Crippen molar-refractivity contribution in [1.29, 1.82) is 0 Å². The first-order valence-electron chi connectivity index (χ1n) is 7.22. The van der Waals surface area contributed by atoms with E-state index in [1.807, 2.05) is 37.4 Å². The van der Waals surface area contributed by atoms with E-state index < -0.39 is 0 Å². The third kappa shape index (κ3) is 5.00. The van der Waals surface area contributed by atoms with E-state index in [9.17, 15) is 4.79 Å². The van der Waals surface area contributed by atoms with Crippen LogP contribution in [0.4, 0.5) is 5.95 Å². The molecule has 3 N–H and O–H groups in total. The summed E-state index contributed by atoms with van der Waals surface area (Å²) in [5.74, 6) is 0.937. The first-order chi connectivity index (χ1) is 10.3. The van der Waals surface area contributed by atoms with Gasteiger partial charge in [-0.3, -0.25) is 15.2 Å². The molecule has 0 aliphatic rings. The Morgan fingerprint density at radius 2 is 2.00 bits per heavy atom. The molecule has 0 fully saturated rings. The fourth-order valence-electron chi connectivity index (χ4n) is 1.99. The van der Waals surface area contributed by atoms with E-state index >= 15 is 0 Å². The van der Waals surface area contributed by atoms with Crippen LogP contribution in [0.3, 0.4) is 0 Å². The molecule has 0 bridgehead atoms. The number of nitrogens with one attached hydrogen (secondary N) is 3. The van der Waals surface area contributed by atoms with Gasteiger partial charge in [0.25, 0.3) is 0 Å². The van der Waals surface area contributed by atoms with Crippen molar-refractivity contribution in [3.05, 3.63) is 30.3 Å². The molecule has 0 atom stereocenters. The zero-order chi connectivity index (χ0) is 14.9. The standard InChI is InChI=1S/C15H21N5O/c1-16-11-7-3-6-10-13(21)17-15-18-14(19-20-15)12-8-4-2-5-9-12/h2,4-5,8-9,16H,3,6-7,10-11H2,1H3,(H2,17,18,19,20,21). The van der Waals surface area contributed by atoms with Crippen molar-refractivity contribution in [2.75, 3.05) is 18.9 Å². The van der Waals surface area contributed by atoms with Crippen molar-refractivity contribution in [2.24, 2.45) is 0 Å². The van der Waals surface area contributed by atoms with Gasteiger partial charge in [-0.2, -0.15) is 4.98 Å². The summed E-state index contributed by atoms with van der Waals surface area (Å²) < 4.78 is 0. The Balaban J connectivity index is 1.78. The molecule has 1 aromatic carbocycles. The summed E-state index contributed by atoms with van der Waals surface area (Å²) in [6, 6.07) is 9.68. The lowest BCUT2D eigenvalue weighted by atomic mass is 10.2. The smallest absolute Gasteiger partial charge is 0.249 e. The molecule has 112 valence electrons. The summed E-state index contributed by atoms with van der Waals surface area (Å²) >= 11 is 0. The van der Waals surface area contributed by atoms with Crippen molar-refractivity contribution >= 4 is 11.9 Å². The lowest BCUT2D eigenvalue weighted by Gasteiger charge is -2.01. The molecule has 6 nitrogen and oxygen atoms in total. The van der Waals surface area contributed by atoms with Crippen LogP contribution in [0.25, 0.3) is 11.4 Å². The lowest BCUT2D eigenvalue weighted by molar-refractivity contribution is -0.116. The number of amides is 1. The molecule has 2 aromatic rings. The molecule has 0 radical (unpaired) electrons. The summed E-state index contributed by atoms with van der Waals surface area (Å²) in [5, 5.41) is 12.6. The Morgan fingerprint density at radius 3 is 2.76 bits per heavy atom. The lowest BCUT2D eigenvalue weighted by Crippen LogP contribution is -2.13. The van der Waals surface area contributed by atoms with Gasteiger partial charge in [0.2, 0.25) is 11.9 Å². The van der Waals surface area contributed by atoms with Gasteiger partial charge in [-0.25, -0.2) is 0 Å². The minimum atomic E-state index is -0.0435. The van der Waals surface area contributed by atoms with Crippen LogP contribution < -0.4 is 10.6 Å². The minimum Gasteiger partial charge on any atom is -0.320 e. The zero-order valence-corrected chi connectivity index (χ0v) is 12.2. The van der Waals surface area contributed by atoms with Crippen molar-refractivity contribution < 1.29 is 4.79 Å². The number of carbonyl (C=O) groups excluding carboxylic acids is 1. The van der Waals surface area contributed by atoms with E-state index in [1.165, 1.54) is 0 Å². The molecule has 0 spiro atoms. The van der Waals surface area contributed by atoms with E-state index in [0.29, 0.717) is 18.2 Å². The van der Waals surface area contributed by atoms with Gasteiger partial charge in [0.05, 0.1) is 0 Å². The van der Waals surface area contributed by atoms with Gasteiger partial charge in [-0.15, -0.1) is 5.10 Å². The molecule has 0 saturated heterocycles. The molecule has 6 heteroatoms. The van der Waals surface area contributed by atoms with Gasteiger partial charge in [0, 0.05) is 12.0 Å². The highest BCUT2D eigenvalue weighted by Gasteiger charge is 2.08. The molecule has 0 unspecified atom stereocenters. The number of rotatable bonds is 8. The molecule has 1 heterocycles. The Kier molecular flexibility index (Phi) is 5.90. The molecule has 1 amide bonds. The number of nitrogens with zero attached hydrogens (tertiary/aromatic N) is 2. The number of hydrogen-bond acceptors (Lipinski definition) is 4. The largest absolute Gasteiger partial charge is 0.320 e. The topological polar surface area (TPSA) is 82.7 Å². The maximum Gasteiger partial charge on any atom is 0.249 e. The van der Waals surface area contributed by atoms with Crippen LogP contribution in [0.2, 0.25) is 0 Å².